The Hall–Kier alpha value is -1.56. The lowest BCUT2D eigenvalue weighted by Crippen LogP contribution is -2.33. The fourth-order valence-corrected chi connectivity index (χ4v) is 6.37. The molecule has 28 heavy (non-hydrogen) atoms. The molecule has 1 aliphatic heterocycles. The number of thiophene rings is 1. The first-order chi connectivity index (χ1) is 13.8. The van der Waals surface area contributed by atoms with E-state index < -0.39 is 0 Å². The molecule has 1 aromatic carbocycles. The van der Waals surface area contributed by atoms with Crippen LogP contribution in [0.3, 0.4) is 0 Å². The van der Waals surface area contributed by atoms with Crippen LogP contribution in [0.2, 0.25) is 0 Å². The van der Waals surface area contributed by atoms with Gasteiger partial charge in [-0.15, -0.1) is 11.3 Å². The van der Waals surface area contributed by atoms with Crippen molar-refractivity contribution < 1.29 is 0 Å². The number of aromatic nitrogens is 2. The highest BCUT2D eigenvalue weighted by Crippen LogP contribution is 2.40. The van der Waals surface area contributed by atoms with E-state index in [4.69, 9.17) is 17.2 Å². The van der Waals surface area contributed by atoms with Gasteiger partial charge < -0.3 is 9.47 Å². The van der Waals surface area contributed by atoms with Crippen molar-refractivity contribution in [1.82, 2.24) is 14.5 Å². The van der Waals surface area contributed by atoms with Gasteiger partial charge in [-0.1, -0.05) is 36.8 Å². The lowest BCUT2D eigenvalue weighted by atomic mass is 9.94. The van der Waals surface area contributed by atoms with Gasteiger partial charge in [0.15, 0.2) is 0 Å². The minimum atomic E-state index is 0.738. The Kier molecular flexibility index (Phi) is 5.31. The molecule has 3 nitrogen and oxygen atoms in total. The van der Waals surface area contributed by atoms with E-state index in [0.29, 0.717) is 0 Å². The number of benzene rings is 1. The lowest BCUT2D eigenvalue weighted by molar-refractivity contribution is 0.220. The van der Waals surface area contributed by atoms with E-state index in [0.717, 1.165) is 22.7 Å². The standard InChI is InChI=1S/C23H27N3S2/c27-23-24-22-20(18-11-5-6-12-19(18)28-22)21(17-9-3-1-4-10-17)26(23)16-15-25-13-7-2-8-14-25/h1,3-4,9-10H,2,5-8,11-16H2. The summed E-state index contributed by atoms with van der Waals surface area (Å²) >= 11 is 7.69. The van der Waals surface area contributed by atoms with Gasteiger partial charge in [0.05, 0.1) is 5.69 Å². The van der Waals surface area contributed by atoms with Crippen LogP contribution in [-0.4, -0.2) is 34.1 Å². The molecule has 1 fully saturated rings. The Morgan fingerprint density at radius 2 is 1.71 bits per heavy atom. The number of hydrogen-bond donors (Lipinski definition) is 0. The summed E-state index contributed by atoms with van der Waals surface area (Å²) < 4.78 is 3.06. The van der Waals surface area contributed by atoms with E-state index in [1.165, 1.54) is 79.6 Å². The zero-order chi connectivity index (χ0) is 18.9. The number of fused-ring (bicyclic) bond motifs is 3. The van der Waals surface area contributed by atoms with Crippen LogP contribution >= 0.6 is 23.6 Å². The van der Waals surface area contributed by atoms with Crippen LogP contribution in [-0.2, 0) is 19.4 Å². The van der Waals surface area contributed by atoms with E-state index in [1.54, 1.807) is 5.56 Å². The molecule has 0 atom stereocenters. The Morgan fingerprint density at radius 3 is 2.54 bits per heavy atom. The smallest absolute Gasteiger partial charge is 0.201 e. The molecule has 0 unspecified atom stereocenters. The molecular weight excluding hydrogens is 382 g/mol. The summed E-state index contributed by atoms with van der Waals surface area (Å²) in [6.45, 7) is 4.43. The quantitative estimate of drug-likeness (QED) is 0.504. The molecule has 5 heteroatoms. The number of hydrogen-bond acceptors (Lipinski definition) is 4. The number of nitrogens with zero attached hydrogens (tertiary/aromatic N) is 3. The predicted octanol–water partition coefficient (Wildman–Crippen LogP) is 5.86. The van der Waals surface area contributed by atoms with Crippen molar-refractivity contribution in [2.24, 2.45) is 0 Å². The van der Waals surface area contributed by atoms with Gasteiger partial charge in [0.25, 0.3) is 0 Å². The zero-order valence-corrected chi connectivity index (χ0v) is 18.0. The maximum Gasteiger partial charge on any atom is 0.201 e. The molecule has 3 aromatic rings. The van der Waals surface area contributed by atoms with Crippen molar-refractivity contribution in [1.29, 1.82) is 0 Å². The van der Waals surface area contributed by atoms with Crippen LogP contribution in [0, 0.1) is 4.77 Å². The normalized spacial score (nSPS) is 17.7. The van der Waals surface area contributed by atoms with Crippen molar-refractivity contribution in [3.63, 3.8) is 0 Å². The molecule has 0 bridgehead atoms. The average molecular weight is 410 g/mol. The van der Waals surface area contributed by atoms with Crippen LogP contribution in [0.5, 0.6) is 0 Å². The van der Waals surface area contributed by atoms with Gasteiger partial charge in [0, 0.05) is 23.4 Å². The van der Waals surface area contributed by atoms with Crippen LogP contribution in [0.1, 0.15) is 42.5 Å². The second-order valence-corrected chi connectivity index (χ2v) is 9.50. The highest BCUT2D eigenvalue weighted by Gasteiger charge is 2.23. The van der Waals surface area contributed by atoms with Crippen LogP contribution < -0.4 is 0 Å². The molecule has 0 saturated carbocycles. The molecule has 1 saturated heterocycles. The molecule has 1 aliphatic carbocycles. The molecule has 2 aromatic heterocycles. The van der Waals surface area contributed by atoms with Crippen LogP contribution in [0.4, 0.5) is 0 Å². The van der Waals surface area contributed by atoms with Gasteiger partial charge in [0.2, 0.25) is 4.77 Å². The van der Waals surface area contributed by atoms with Crippen LogP contribution in [0.15, 0.2) is 30.3 Å². The summed E-state index contributed by atoms with van der Waals surface area (Å²) in [5, 5.41) is 1.37. The van der Waals surface area contributed by atoms with Crippen molar-refractivity contribution >= 4 is 33.8 Å². The average Bonchev–Trinajstić information content (AvgIpc) is 3.11. The van der Waals surface area contributed by atoms with Crippen LogP contribution in [0.25, 0.3) is 21.5 Å². The summed E-state index contributed by atoms with van der Waals surface area (Å²) in [4.78, 5) is 10.2. The third kappa shape index (κ3) is 3.44. The maximum atomic E-state index is 5.81. The first kappa shape index (κ1) is 18.5. The first-order valence-corrected chi connectivity index (χ1v) is 11.9. The molecule has 2 aliphatic rings. The second-order valence-electron chi connectivity index (χ2n) is 8.05. The minimum absolute atomic E-state index is 0.738. The summed E-state index contributed by atoms with van der Waals surface area (Å²) in [7, 11) is 0. The minimum Gasteiger partial charge on any atom is -0.315 e. The maximum absolute atomic E-state index is 5.81. The monoisotopic (exact) mass is 409 g/mol. The summed E-state index contributed by atoms with van der Waals surface area (Å²) in [5.41, 5.74) is 4.11. The fourth-order valence-electron chi connectivity index (χ4n) is 4.78. The predicted molar refractivity (Wildman–Crippen MR) is 121 cm³/mol. The summed E-state index contributed by atoms with van der Waals surface area (Å²) in [6.07, 6.45) is 9.00. The van der Waals surface area contributed by atoms with Gasteiger partial charge >= 0.3 is 0 Å². The number of aryl methyl sites for hydroxylation is 2. The molecular formula is C23H27N3S2. The highest BCUT2D eigenvalue weighted by atomic mass is 32.1. The van der Waals surface area contributed by atoms with E-state index in [-0.39, 0.29) is 0 Å². The van der Waals surface area contributed by atoms with E-state index in [2.05, 4.69) is 39.8 Å². The first-order valence-electron chi connectivity index (χ1n) is 10.6. The largest absolute Gasteiger partial charge is 0.315 e. The van der Waals surface area contributed by atoms with Crippen molar-refractivity contribution in [3.05, 3.63) is 45.5 Å². The fraction of sp³-hybridized carbons (Fsp3) is 0.478. The van der Waals surface area contributed by atoms with Crippen molar-refractivity contribution in [3.8, 4) is 11.3 Å². The molecule has 0 radical (unpaired) electrons. The lowest BCUT2D eigenvalue weighted by Gasteiger charge is -2.27. The number of likely N-dealkylation sites (tertiary alicyclic amines) is 1. The van der Waals surface area contributed by atoms with E-state index in [1.807, 2.05) is 11.3 Å². The number of piperidine rings is 1. The van der Waals surface area contributed by atoms with Crippen molar-refractivity contribution in [2.75, 3.05) is 19.6 Å². The van der Waals surface area contributed by atoms with Gasteiger partial charge in [-0.25, -0.2) is 4.98 Å². The van der Waals surface area contributed by atoms with Gasteiger partial charge in [0.1, 0.15) is 4.83 Å². The molecule has 0 amide bonds. The molecule has 3 heterocycles. The summed E-state index contributed by atoms with van der Waals surface area (Å²) in [5.74, 6) is 0. The molecule has 5 rings (SSSR count). The Labute approximate surface area is 176 Å². The molecule has 0 N–H and O–H groups in total. The Morgan fingerprint density at radius 1 is 0.929 bits per heavy atom. The Bertz CT molecular complexity index is 1030. The third-order valence-electron chi connectivity index (χ3n) is 6.22. The van der Waals surface area contributed by atoms with Gasteiger partial charge in [-0.3, -0.25) is 0 Å². The van der Waals surface area contributed by atoms with Crippen molar-refractivity contribution in [2.45, 2.75) is 51.5 Å². The zero-order valence-electron chi connectivity index (χ0n) is 16.3. The SMILES string of the molecule is S=c1nc2sc3c(c2c(-c2ccccc2)n1CCN1CCCCC1)CCCC3. The number of rotatable bonds is 4. The topological polar surface area (TPSA) is 21.1 Å². The van der Waals surface area contributed by atoms with E-state index >= 15 is 0 Å². The second kappa shape index (κ2) is 8.05. The highest BCUT2D eigenvalue weighted by molar-refractivity contribution is 7.71. The Balaban J connectivity index is 1.65. The van der Waals surface area contributed by atoms with E-state index in [9.17, 15) is 0 Å². The van der Waals surface area contributed by atoms with Gasteiger partial charge in [-0.05, 0) is 75.0 Å². The third-order valence-corrected chi connectivity index (χ3v) is 7.72. The summed E-state index contributed by atoms with van der Waals surface area (Å²) in [6, 6.07) is 10.8. The van der Waals surface area contributed by atoms with Gasteiger partial charge in [-0.2, -0.15) is 0 Å². The molecule has 0 spiro atoms. The molecule has 146 valence electrons.